The second kappa shape index (κ2) is 6.45. The van der Waals surface area contributed by atoms with Crippen molar-refractivity contribution < 1.29 is 17.9 Å². The molecule has 0 radical (unpaired) electrons. The summed E-state index contributed by atoms with van der Waals surface area (Å²) >= 11 is 5.77. The standard InChI is InChI=1S/C15H20ClNO4S/c16-12-4-6-14(7-5-12)22(18,19)17-10-13-11-20-15(21-13)8-2-1-3-9-15/h4-7,13,17H,1-3,8-11H2/t13-/m0/s1. The first kappa shape index (κ1) is 16.2. The second-order valence-corrected chi connectivity index (χ2v) is 8.03. The molecule has 1 heterocycles. The van der Waals surface area contributed by atoms with Crippen molar-refractivity contribution in [2.75, 3.05) is 13.2 Å². The van der Waals surface area contributed by atoms with E-state index in [2.05, 4.69) is 4.72 Å². The summed E-state index contributed by atoms with van der Waals surface area (Å²) in [7, 11) is -3.55. The fourth-order valence-corrected chi connectivity index (χ4v) is 4.16. The summed E-state index contributed by atoms with van der Waals surface area (Å²) in [6, 6.07) is 6.09. The van der Waals surface area contributed by atoms with Crippen LogP contribution in [0.15, 0.2) is 29.2 Å². The Hall–Kier alpha value is -0.660. The van der Waals surface area contributed by atoms with Gasteiger partial charge in [-0.15, -0.1) is 0 Å². The Labute approximate surface area is 136 Å². The molecule has 0 aromatic heterocycles. The largest absolute Gasteiger partial charge is 0.347 e. The Morgan fingerprint density at radius 2 is 1.86 bits per heavy atom. The minimum absolute atomic E-state index is 0.197. The molecule has 22 heavy (non-hydrogen) atoms. The van der Waals surface area contributed by atoms with Gasteiger partial charge < -0.3 is 9.47 Å². The highest BCUT2D eigenvalue weighted by molar-refractivity contribution is 7.89. The van der Waals surface area contributed by atoms with E-state index in [9.17, 15) is 8.42 Å². The average Bonchev–Trinajstić information content (AvgIpc) is 2.89. The zero-order valence-corrected chi connectivity index (χ0v) is 13.8. The molecule has 1 aromatic carbocycles. The highest BCUT2D eigenvalue weighted by Gasteiger charge is 2.42. The smallest absolute Gasteiger partial charge is 0.240 e. The van der Waals surface area contributed by atoms with E-state index >= 15 is 0 Å². The van der Waals surface area contributed by atoms with E-state index in [-0.39, 0.29) is 17.5 Å². The zero-order valence-electron chi connectivity index (χ0n) is 12.3. The second-order valence-electron chi connectivity index (χ2n) is 5.83. The summed E-state index contributed by atoms with van der Waals surface area (Å²) in [5.74, 6) is -0.478. The van der Waals surface area contributed by atoms with E-state index in [1.165, 1.54) is 18.6 Å². The van der Waals surface area contributed by atoms with Gasteiger partial charge in [0, 0.05) is 24.4 Å². The molecule has 2 aliphatic rings. The summed E-state index contributed by atoms with van der Waals surface area (Å²) in [6.45, 7) is 0.649. The number of benzene rings is 1. The minimum Gasteiger partial charge on any atom is -0.347 e. The normalized spacial score (nSPS) is 24.7. The van der Waals surface area contributed by atoms with Gasteiger partial charge >= 0.3 is 0 Å². The monoisotopic (exact) mass is 345 g/mol. The van der Waals surface area contributed by atoms with Gasteiger partial charge in [0.25, 0.3) is 0 Å². The Morgan fingerprint density at radius 1 is 1.18 bits per heavy atom. The van der Waals surface area contributed by atoms with Gasteiger partial charge in [-0.2, -0.15) is 0 Å². The number of sulfonamides is 1. The van der Waals surface area contributed by atoms with Crippen molar-refractivity contribution in [2.24, 2.45) is 0 Å². The molecule has 1 N–H and O–H groups in total. The van der Waals surface area contributed by atoms with Gasteiger partial charge in [0.2, 0.25) is 10.0 Å². The molecular formula is C15H20ClNO4S. The maximum absolute atomic E-state index is 12.2. The number of nitrogens with one attached hydrogen (secondary N) is 1. The Morgan fingerprint density at radius 3 is 2.55 bits per heavy atom. The van der Waals surface area contributed by atoms with Crippen LogP contribution in [-0.2, 0) is 19.5 Å². The van der Waals surface area contributed by atoms with Crippen LogP contribution in [-0.4, -0.2) is 33.5 Å². The SMILES string of the molecule is O=S(=O)(NC[C@H]1COC2(CCCCC2)O1)c1ccc(Cl)cc1. The molecule has 5 nitrogen and oxygen atoms in total. The summed E-state index contributed by atoms with van der Waals surface area (Å²) in [5, 5.41) is 0.505. The number of ether oxygens (including phenoxy) is 2. The van der Waals surface area contributed by atoms with Gasteiger partial charge in [0.05, 0.1) is 17.6 Å². The molecule has 0 amide bonds. The first-order valence-electron chi connectivity index (χ1n) is 7.56. The fraction of sp³-hybridized carbons (Fsp3) is 0.600. The molecule has 1 aromatic rings. The molecule has 1 aliphatic carbocycles. The summed E-state index contributed by atoms with van der Waals surface area (Å²) in [6.07, 6.45) is 4.97. The molecule has 0 bridgehead atoms. The molecule has 3 rings (SSSR count). The van der Waals surface area contributed by atoms with Gasteiger partial charge in [-0.25, -0.2) is 13.1 Å². The van der Waals surface area contributed by atoms with Crippen LogP contribution >= 0.6 is 11.6 Å². The minimum atomic E-state index is -3.55. The van der Waals surface area contributed by atoms with E-state index in [0.717, 1.165) is 25.7 Å². The zero-order chi connectivity index (χ0) is 15.6. The van der Waals surface area contributed by atoms with Gasteiger partial charge in [0.1, 0.15) is 0 Å². The third-order valence-electron chi connectivity index (χ3n) is 4.15. The third-order valence-corrected chi connectivity index (χ3v) is 5.85. The van der Waals surface area contributed by atoms with E-state index in [4.69, 9.17) is 21.1 Å². The predicted molar refractivity (Wildman–Crippen MR) is 83.3 cm³/mol. The highest BCUT2D eigenvalue weighted by atomic mass is 35.5. The molecular weight excluding hydrogens is 326 g/mol. The van der Waals surface area contributed by atoms with Gasteiger partial charge in [0.15, 0.2) is 5.79 Å². The Bertz CT molecular complexity index is 611. The van der Waals surface area contributed by atoms with E-state index in [1.54, 1.807) is 12.1 Å². The molecule has 1 saturated heterocycles. The maximum atomic E-state index is 12.2. The Balaban J connectivity index is 1.57. The summed E-state index contributed by atoms with van der Waals surface area (Å²) < 4.78 is 38.8. The quantitative estimate of drug-likeness (QED) is 0.911. The topological polar surface area (TPSA) is 64.6 Å². The molecule has 1 aliphatic heterocycles. The van der Waals surface area contributed by atoms with Crippen LogP contribution in [0.5, 0.6) is 0 Å². The lowest BCUT2D eigenvalue weighted by Gasteiger charge is -2.31. The first-order valence-corrected chi connectivity index (χ1v) is 9.42. The van der Waals surface area contributed by atoms with E-state index in [1.807, 2.05) is 0 Å². The van der Waals surface area contributed by atoms with Crippen molar-refractivity contribution in [3.8, 4) is 0 Å². The summed E-state index contributed by atoms with van der Waals surface area (Å²) in [4.78, 5) is 0.197. The Kier molecular flexibility index (Phi) is 4.75. The van der Waals surface area contributed by atoms with Crippen LogP contribution < -0.4 is 4.72 Å². The van der Waals surface area contributed by atoms with Gasteiger partial charge in [-0.05, 0) is 37.1 Å². The van der Waals surface area contributed by atoms with Crippen molar-refractivity contribution in [1.82, 2.24) is 4.72 Å². The van der Waals surface area contributed by atoms with E-state index in [0.29, 0.717) is 11.6 Å². The van der Waals surface area contributed by atoms with Crippen LogP contribution in [0.1, 0.15) is 32.1 Å². The van der Waals surface area contributed by atoms with Crippen LogP contribution in [0, 0.1) is 0 Å². The lowest BCUT2D eigenvalue weighted by atomic mass is 9.94. The molecule has 1 spiro atoms. The van der Waals surface area contributed by atoms with Crippen molar-refractivity contribution in [3.63, 3.8) is 0 Å². The fourth-order valence-electron chi connectivity index (χ4n) is 2.97. The van der Waals surface area contributed by atoms with Crippen molar-refractivity contribution >= 4 is 21.6 Å². The van der Waals surface area contributed by atoms with Gasteiger partial charge in [-0.1, -0.05) is 18.0 Å². The molecule has 1 atom stereocenters. The molecule has 1 saturated carbocycles. The van der Waals surface area contributed by atoms with Crippen LogP contribution in [0.4, 0.5) is 0 Å². The lowest BCUT2D eigenvalue weighted by molar-refractivity contribution is -0.186. The summed E-state index contributed by atoms with van der Waals surface area (Å²) in [5.41, 5.74) is 0. The van der Waals surface area contributed by atoms with Crippen LogP contribution in [0.25, 0.3) is 0 Å². The molecule has 0 unspecified atom stereocenters. The highest BCUT2D eigenvalue weighted by Crippen LogP contribution is 2.37. The predicted octanol–water partition coefficient (Wildman–Crippen LogP) is 2.69. The van der Waals surface area contributed by atoms with E-state index < -0.39 is 15.8 Å². The maximum Gasteiger partial charge on any atom is 0.240 e. The van der Waals surface area contributed by atoms with Crippen LogP contribution in [0.2, 0.25) is 5.02 Å². The van der Waals surface area contributed by atoms with Crippen molar-refractivity contribution in [3.05, 3.63) is 29.3 Å². The number of rotatable bonds is 4. The first-order chi connectivity index (χ1) is 10.5. The lowest BCUT2D eigenvalue weighted by Crippen LogP contribution is -2.37. The molecule has 122 valence electrons. The van der Waals surface area contributed by atoms with Crippen LogP contribution in [0.3, 0.4) is 0 Å². The van der Waals surface area contributed by atoms with Crippen molar-refractivity contribution in [1.29, 1.82) is 0 Å². The van der Waals surface area contributed by atoms with Gasteiger partial charge in [-0.3, -0.25) is 0 Å². The molecule has 2 fully saturated rings. The number of halogens is 1. The number of hydrogen-bond acceptors (Lipinski definition) is 4. The average molecular weight is 346 g/mol. The molecule has 7 heteroatoms. The number of hydrogen-bond donors (Lipinski definition) is 1. The third kappa shape index (κ3) is 3.63. The van der Waals surface area contributed by atoms with Crippen molar-refractivity contribution in [2.45, 2.75) is 48.9 Å².